The molecule has 22 heavy (non-hydrogen) atoms. The molecule has 3 rings (SSSR count). The maximum Gasteiger partial charge on any atom is 0.157 e. The van der Waals surface area contributed by atoms with Gasteiger partial charge in [0.25, 0.3) is 0 Å². The molecule has 2 aliphatic rings. The second-order valence-corrected chi connectivity index (χ2v) is 8.70. The van der Waals surface area contributed by atoms with Crippen molar-refractivity contribution in [2.24, 2.45) is 10.9 Å². The molecule has 0 unspecified atom stereocenters. The summed E-state index contributed by atoms with van der Waals surface area (Å²) in [6.45, 7) is 7.92. The van der Waals surface area contributed by atoms with Crippen LogP contribution in [0.4, 0.5) is 0 Å². The fraction of sp³-hybridized carbons (Fsp3) is 0.667. The summed E-state index contributed by atoms with van der Waals surface area (Å²) >= 11 is 2.00. The smallest absolute Gasteiger partial charge is 0.157 e. The van der Waals surface area contributed by atoms with Crippen LogP contribution in [-0.4, -0.2) is 27.0 Å². The van der Waals surface area contributed by atoms with Gasteiger partial charge in [0.2, 0.25) is 0 Å². The van der Waals surface area contributed by atoms with Crippen LogP contribution in [0.2, 0.25) is 0 Å². The Kier molecular flexibility index (Phi) is 4.49. The standard InChI is InChI=1S/C18H27N3S/c1-14-6-9-18(10-7-14)17(2,3)21-16(22-18)20-12-8-15-5-4-11-19-13-15/h4-5,11,13-14H,6-10,12H2,1-3H3,(H,20,21). The lowest BCUT2D eigenvalue weighted by Gasteiger charge is -2.43. The van der Waals surface area contributed by atoms with Gasteiger partial charge in [-0.25, -0.2) is 0 Å². The van der Waals surface area contributed by atoms with Crippen LogP contribution in [0.1, 0.15) is 52.0 Å². The van der Waals surface area contributed by atoms with E-state index < -0.39 is 0 Å². The van der Waals surface area contributed by atoms with Gasteiger partial charge in [-0.15, -0.1) is 0 Å². The molecular formula is C18H27N3S. The van der Waals surface area contributed by atoms with Crippen LogP contribution in [-0.2, 0) is 6.42 Å². The van der Waals surface area contributed by atoms with Crippen LogP contribution in [0, 0.1) is 5.92 Å². The second-order valence-electron chi connectivity index (χ2n) is 7.33. The highest BCUT2D eigenvalue weighted by atomic mass is 32.2. The van der Waals surface area contributed by atoms with Crippen molar-refractivity contribution in [2.75, 3.05) is 6.54 Å². The molecule has 0 aromatic carbocycles. The van der Waals surface area contributed by atoms with Gasteiger partial charge >= 0.3 is 0 Å². The highest BCUT2D eigenvalue weighted by molar-refractivity contribution is 8.15. The molecule has 2 fully saturated rings. The minimum Gasteiger partial charge on any atom is -0.359 e. The van der Waals surface area contributed by atoms with Crippen LogP contribution in [0.15, 0.2) is 29.5 Å². The number of pyridine rings is 1. The van der Waals surface area contributed by atoms with Gasteiger partial charge in [0.1, 0.15) is 0 Å². The lowest BCUT2D eigenvalue weighted by atomic mass is 9.73. The molecule has 4 heteroatoms. The van der Waals surface area contributed by atoms with E-state index in [1.54, 1.807) is 0 Å². The maximum atomic E-state index is 4.82. The molecule has 1 saturated heterocycles. The van der Waals surface area contributed by atoms with Gasteiger partial charge in [-0.05, 0) is 63.5 Å². The largest absolute Gasteiger partial charge is 0.359 e. The fourth-order valence-electron chi connectivity index (χ4n) is 3.58. The van der Waals surface area contributed by atoms with Gasteiger partial charge < -0.3 is 5.32 Å². The normalized spacial score (nSPS) is 32.3. The van der Waals surface area contributed by atoms with Gasteiger partial charge in [0.05, 0.1) is 0 Å². The van der Waals surface area contributed by atoms with Crippen LogP contribution < -0.4 is 5.32 Å². The zero-order valence-corrected chi connectivity index (χ0v) is 14.7. The number of amidine groups is 1. The lowest BCUT2D eigenvalue weighted by molar-refractivity contribution is 0.231. The Balaban J connectivity index is 1.63. The molecule has 1 saturated carbocycles. The molecule has 0 atom stereocenters. The molecule has 1 aromatic rings. The summed E-state index contributed by atoms with van der Waals surface area (Å²) in [5, 5.41) is 4.83. The lowest BCUT2D eigenvalue weighted by Crippen LogP contribution is -2.52. The van der Waals surface area contributed by atoms with E-state index in [0.717, 1.165) is 24.1 Å². The third-order valence-electron chi connectivity index (χ3n) is 5.31. The van der Waals surface area contributed by atoms with E-state index in [0.29, 0.717) is 4.75 Å². The molecular weight excluding hydrogens is 290 g/mol. The fourth-order valence-corrected chi connectivity index (χ4v) is 5.16. The molecule has 120 valence electrons. The summed E-state index contributed by atoms with van der Waals surface area (Å²) in [5.41, 5.74) is 1.40. The van der Waals surface area contributed by atoms with E-state index in [9.17, 15) is 0 Å². The van der Waals surface area contributed by atoms with Gasteiger partial charge in [0, 0.05) is 29.2 Å². The molecule has 1 aliphatic carbocycles. The van der Waals surface area contributed by atoms with Gasteiger partial charge in [-0.3, -0.25) is 9.98 Å². The summed E-state index contributed by atoms with van der Waals surface area (Å²) < 4.78 is 0.340. The Labute approximate surface area is 138 Å². The van der Waals surface area contributed by atoms with Crippen LogP contribution in [0.3, 0.4) is 0 Å². The number of nitrogens with zero attached hydrogens (tertiary/aromatic N) is 2. The molecule has 0 amide bonds. The highest BCUT2D eigenvalue weighted by Crippen LogP contribution is 2.52. The minimum absolute atomic E-state index is 0.144. The first-order valence-electron chi connectivity index (χ1n) is 8.41. The molecule has 1 aliphatic heterocycles. The van der Waals surface area contributed by atoms with Crippen molar-refractivity contribution in [3.05, 3.63) is 30.1 Å². The third kappa shape index (κ3) is 3.17. The predicted octanol–water partition coefficient (Wildman–Crippen LogP) is 4.04. The molecule has 1 spiro atoms. The number of aliphatic imine (C=N–C) groups is 1. The monoisotopic (exact) mass is 317 g/mol. The van der Waals surface area contributed by atoms with Crippen molar-refractivity contribution in [3.63, 3.8) is 0 Å². The van der Waals surface area contributed by atoms with Crippen LogP contribution in [0.25, 0.3) is 0 Å². The Morgan fingerprint density at radius 3 is 2.82 bits per heavy atom. The van der Waals surface area contributed by atoms with E-state index >= 15 is 0 Å². The molecule has 2 heterocycles. The summed E-state index contributed by atoms with van der Waals surface area (Å²) in [6, 6.07) is 4.11. The Morgan fingerprint density at radius 2 is 2.14 bits per heavy atom. The van der Waals surface area contributed by atoms with E-state index in [-0.39, 0.29) is 5.54 Å². The van der Waals surface area contributed by atoms with Crippen LogP contribution >= 0.6 is 11.8 Å². The first-order valence-corrected chi connectivity index (χ1v) is 9.23. The van der Waals surface area contributed by atoms with Crippen LogP contribution in [0.5, 0.6) is 0 Å². The molecule has 1 N–H and O–H groups in total. The Hall–Kier alpha value is -1.03. The van der Waals surface area contributed by atoms with Gasteiger partial charge in [-0.2, -0.15) is 0 Å². The second kappa shape index (κ2) is 6.23. The van der Waals surface area contributed by atoms with Crippen molar-refractivity contribution < 1.29 is 0 Å². The number of hydrogen-bond acceptors (Lipinski definition) is 3. The Morgan fingerprint density at radius 1 is 1.36 bits per heavy atom. The van der Waals surface area contributed by atoms with Crippen molar-refractivity contribution in [2.45, 2.75) is 63.2 Å². The van der Waals surface area contributed by atoms with Crippen molar-refractivity contribution >= 4 is 16.9 Å². The van der Waals surface area contributed by atoms with Crippen molar-refractivity contribution in [1.29, 1.82) is 0 Å². The van der Waals surface area contributed by atoms with E-state index in [2.05, 4.69) is 37.1 Å². The number of thioether (sulfide) groups is 1. The number of rotatable bonds is 3. The number of hydrogen-bond donors (Lipinski definition) is 1. The molecule has 3 nitrogen and oxygen atoms in total. The van der Waals surface area contributed by atoms with Gasteiger partial charge in [-0.1, -0.05) is 24.8 Å². The van der Waals surface area contributed by atoms with E-state index in [1.165, 1.54) is 31.2 Å². The zero-order valence-electron chi connectivity index (χ0n) is 13.9. The average molecular weight is 318 g/mol. The molecule has 0 radical (unpaired) electrons. The SMILES string of the molecule is CC1CCC2(CC1)SC(=NCCc1cccnc1)NC2(C)C. The number of nitrogens with one attached hydrogen (secondary N) is 1. The predicted molar refractivity (Wildman–Crippen MR) is 95.4 cm³/mol. The minimum atomic E-state index is 0.144. The quantitative estimate of drug-likeness (QED) is 0.914. The first-order chi connectivity index (χ1) is 10.5. The molecule has 0 bridgehead atoms. The maximum absolute atomic E-state index is 4.82. The Bertz CT molecular complexity index is 531. The summed E-state index contributed by atoms with van der Waals surface area (Å²) in [5.74, 6) is 0.883. The summed E-state index contributed by atoms with van der Waals surface area (Å²) in [7, 11) is 0. The number of aromatic nitrogens is 1. The topological polar surface area (TPSA) is 37.3 Å². The van der Waals surface area contributed by atoms with Gasteiger partial charge in [0.15, 0.2) is 5.17 Å². The van der Waals surface area contributed by atoms with Crippen molar-refractivity contribution in [3.8, 4) is 0 Å². The van der Waals surface area contributed by atoms with E-state index in [1.807, 2.05) is 30.2 Å². The first kappa shape index (κ1) is 15.9. The highest BCUT2D eigenvalue weighted by Gasteiger charge is 2.53. The zero-order chi connectivity index (χ0) is 15.6. The summed E-state index contributed by atoms with van der Waals surface area (Å²) in [4.78, 5) is 8.99. The average Bonchev–Trinajstić information content (AvgIpc) is 2.74. The summed E-state index contributed by atoms with van der Waals surface area (Å²) in [6.07, 6.45) is 10.0. The van der Waals surface area contributed by atoms with Crippen molar-refractivity contribution in [1.82, 2.24) is 10.3 Å². The molecule has 1 aromatic heterocycles. The third-order valence-corrected chi connectivity index (χ3v) is 7.04. The van der Waals surface area contributed by atoms with E-state index in [4.69, 9.17) is 4.99 Å².